The number of morpholine rings is 1. The Morgan fingerprint density at radius 3 is 2.24 bits per heavy atom. The summed E-state index contributed by atoms with van der Waals surface area (Å²) in [5.74, 6) is -8.20. The van der Waals surface area contributed by atoms with Crippen molar-refractivity contribution in [1.29, 1.82) is 0 Å². The van der Waals surface area contributed by atoms with E-state index < -0.39 is 156 Å². The number of amides is 8. The highest BCUT2D eigenvalue weighted by Gasteiger charge is 2.55. The number of ketones is 3. The fourth-order valence-electron chi connectivity index (χ4n) is 12.9. The lowest BCUT2D eigenvalue weighted by atomic mass is 9.72. The number of Topliss-reactive ketones (excluding diaryl/α,β-unsaturated/α-hetero) is 1. The molecule has 6 aliphatic rings. The van der Waals surface area contributed by atoms with Crippen molar-refractivity contribution in [2.75, 3.05) is 79.6 Å². The number of ether oxygens (including phenoxy) is 8. The molecular weight excluding hydrogens is 1270 g/mol. The van der Waals surface area contributed by atoms with Crippen molar-refractivity contribution in [2.24, 2.45) is 17.6 Å². The van der Waals surface area contributed by atoms with Crippen LogP contribution in [0.1, 0.15) is 127 Å². The Bertz CT molecular complexity index is 3570. The van der Waals surface area contributed by atoms with Crippen LogP contribution in [0.4, 0.5) is 24.5 Å². The lowest BCUT2D eigenvalue weighted by molar-refractivity contribution is -0.256. The Morgan fingerprint density at radius 2 is 1.57 bits per heavy atom. The summed E-state index contributed by atoms with van der Waals surface area (Å²) in [6, 6.07) is 8.43. The predicted molar refractivity (Wildman–Crippen MR) is 339 cm³/mol. The molecule has 30 heteroatoms. The predicted octanol–water partition coefficient (Wildman–Crippen LogP) is 4.54. The number of rotatable bonds is 28. The summed E-state index contributed by atoms with van der Waals surface area (Å²) in [5, 5.41) is 44.6. The number of nitrogens with one attached hydrogen (secondary N) is 3. The number of halogens is 1. The van der Waals surface area contributed by atoms with Crippen molar-refractivity contribution in [1.82, 2.24) is 30.2 Å². The summed E-state index contributed by atoms with van der Waals surface area (Å²) >= 11 is 0. The third-order valence-electron chi connectivity index (χ3n) is 18.2. The zero-order valence-electron chi connectivity index (χ0n) is 55.0. The monoisotopic (exact) mass is 1350 g/mol. The van der Waals surface area contributed by atoms with Gasteiger partial charge in [-0.1, -0.05) is 44.5 Å². The molecule has 3 aromatic carbocycles. The molecule has 10 atom stereocenters. The number of fused-ring (bicyclic) bond motifs is 6. The number of nitrogens with two attached hydrogens (primary N) is 1. The van der Waals surface area contributed by atoms with E-state index in [1.807, 2.05) is 0 Å². The molecule has 4 aliphatic heterocycles. The van der Waals surface area contributed by atoms with E-state index in [4.69, 9.17) is 43.6 Å². The first-order valence-electron chi connectivity index (χ1n) is 32.1. The molecule has 0 bridgehead atoms. The topological polar surface area (TPSA) is 380 Å². The molecule has 3 fully saturated rings. The summed E-state index contributed by atoms with van der Waals surface area (Å²) in [6.07, 6.45) is -2.46. The zero-order chi connectivity index (χ0) is 70.2. The van der Waals surface area contributed by atoms with E-state index in [9.17, 15) is 63.3 Å². The highest BCUT2D eigenvalue weighted by Crippen LogP contribution is 2.53. The van der Waals surface area contributed by atoms with Gasteiger partial charge in [0.05, 0.1) is 54.6 Å². The first-order valence-corrected chi connectivity index (χ1v) is 32.1. The molecule has 3 aromatic rings. The highest BCUT2D eigenvalue weighted by atomic mass is 19.1. The molecule has 2 aliphatic carbocycles. The molecule has 4 heterocycles. The zero-order valence-corrected chi connectivity index (χ0v) is 55.0. The number of benzene rings is 3. The molecule has 0 radical (unpaired) electrons. The number of aliphatic hydroxyl groups is 1. The van der Waals surface area contributed by atoms with Gasteiger partial charge in [-0.25, -0.2) is 18.8 Å². The van der Waals surface area contributed by atoms with Gasteiger partial charge in [0.15, 0.2) is 31.2 Å². The maximum Gasteiger partial charge on any atom is 0.409 e. The highest BCUT2D eigenvalue weighted by molar-refractivity contribution is 6.31. The van der Waals surface area contributed by atoms with E-state index in [-0.39, 0.29) is 104 Å². The van der Waals surface area contributed by atoms with Crippen LogP contribution in [0, 0.1) is 11.8 Å². The maximum absolute atomic E-state index is 16.1. The fourth-order valence-corrected chi connectivity index (χ4v) is 12.9. The molecule has 3 saturated heterocycles. The molecule has 9 rings (SSSR count). The Balaban J connectivity index is 0.782. The van der Waals surface area contributed by atoms with Crippen molar-refractivity contribution in [3.63, 3.8) is 0 Å². The number of unbranched alkanes of at least 4 members (excludes halogenated alkanes) is 2. The number of likely N-dealkylation sites (N-methyl/N-ethyl adjacent to an activating group) is 2. The van der Waals surface area contributed by atoms with Gasteiger partial charge in [0.1, 0.15) is 41.4 Å². The Labute approximate surface area is 558 Å². The van der Waals surface area contributed by atoms with Crippen LogP contribution in [-0.2, 0) is 70.2 Å². The first kappa shape index (κ1) is 72.4. The number of anilines is 1. The largest absolute Gasteiger partial charge is 0.507 e. The molecule has 8 amide bonds. The van der Waals surface area contributed by atoms with E-state index in [2.05, 4.69) is 20.9 Å². The minimum atomic E-state index is -2.49. The molecule has 97 heavy (non-hydrogen) atoms. The average molecular weight is 1360 g/mol. The van der Waals surface area contributed by atoms with E-state index in [0.29, 0.717) is 43.7 Å². The maximum atomic E-state index is 16.1. The molecule has 29 nitrogen and oxygen atoms in total. The summed E-state index contributed by atoms with van der Waals surface area (Å²) < 4.78 is 63.0. The lowest BCUT2D eigenvalue weighted by Crippen LogP contribution is -2.55. The van der Waals surface area contributed by atoms with Crippen LogP contribution in [0.2, 0.25) is 0 Å². The van der Waals surface area contributed by atoms with Gasteiger partial charge in [-0.3, -0.25) is 43.4 Å². The third-order valence-corrected chi connectivity index (χ3v) is 18.2. The van der Waals surface area contributed by atoms with Crippen LogP contribution in [0.25, 0.3) is 0 Å². The molecule has 8 N–H and O–H groups in total. The summed E-state index contributed by atoms with van der Waals surface area (Å²) in [5.41, 5.74) is 1.76. The second-order valence-corrected chi connectivity index (χ2v) is 25.1. The van der Waals surface area contributed by atoms with Crippen LogP contribution >= 0.6 is 0 Å². The van der Waals surface area contributed by atoms with Gasteiger partial charge < -0.3 is 84.7 Å². The number of hydrogen-bond donors (Lipinski definition) is 7. The summed E-state index contributed by atoms with van der Waals surface area (Å²) in [4.78, 5) is 137. The van der Waals surface area contributed by atoms with E-state index in [1.54, 1.807) is 45.0 Å². The normalized spacial score (nSPS) is 23.3. The van der Waals surface area contributed by atoms with Gasteiger partial charge in [-0.2, -0.15) is 0 Å². The SMILES string of the molecule is COc1cccc2c1C(=O)c1c(O)c3c(c(O)c1C2=O)C[C@@](O)(C(=O)COC(=O)N(C)CCN(C)C(=O)OCc1ccc(NC(=O)[C@@H](/C=C(\F)[C@@H](NC(=O)CCCCCN2C(=O)C=CC2=O)C(C)C)CCCNC(N)=O)cc1)C[C@@H]3O[C@H]1C[C@H]2[C@H](O[C@@H]3[C@@H](OC)OCCN32)[C@H](C)O1. The minimum Gasteiger partial charge on any atom is -0.507 e. The minimum absolute atomic E-state index is 0.0435. The number of methoxy groups -OCH3 is 2. The van der Waals surface area contributed by atoms with Crippen LogP contribution < -0.4 is 26.4 Å². The van der Waals surface area contributed by atoms with Gasteiger partial charge in [-0.05, 0) is 68.4 Å². The van der Waals surface area contributed by atoms with Gasteiger partial charge in [0.2, 0.25) is 23.4 Å². The third kappa shape index (κ3) is 16.4. The number of nitrogens with zero attached hydrogens (tertiary/aromatic N) is 4. The van der Waals surface area contributed by atoms with E-state index in [1.165, 1.54) is 63.6 Å². The Morgan fingerprint density at radius 1 is 0.876 bits per heavy atom. The number of carbonyl (C=O) groups is 10. The van der Waals surface area contributed by atoms with Crippen molar-refractivity contribution in [3.05, 3.63) is 105 Å². The lowest BCUT2D eigenvalue weighted by Gasteiger charge is -2.43. The van der Waals surface area contributed by atoms with Gasteiger partial charge in [0.25, 0.3) is 11.8 Å². The standard InChI is InChI=1S/C67H83FN8O21/c1-35(2)55(72-47(78)16-9-8-10-24-76-48(79)21-22-49(76)80)42(68)29-38(13-12-23-70-64(69)86)61(85)71-39-19-17-37(18-20-39)33-93-65(87)73(4)25-26-74(5)66(88)94-34-46(77)67(89)31-41-52(59(84)54-53(57(41)82)56(81)40-14-11-15-44(90-6)51(40)58(54)83)45(32-67)96-50-30-43-60(36(3)95-50)97-62-63(91-7)92-28-27-75(43)62/h11,14-15,17-22,29,35-36,38,43,45,50,55,60,62-63,82,84,89H,8-10,12-13,16,23-28,30-34H2,1-7H3,(H,71,85)(H,72,78)(H3,69,70,86)/b42-29-/t36-,38+,43-,45-,50-,55-,60+,62+,63-,67-/m0/s1. The number of primary amides is 1. The van der Waals surface area contributed by atoms with E-state index >= 15 is 4.39 Å². The number of urea groups is 1. The second kappa shape index (κ2) is 31.5. The molecule has 0 spiro atoms. The molecule has 0 unspecified atom stereocenters. The van der Waals surface area contributed by atoms with Crippen LogP contribution in [0.3, 0.4) is 0 Å². The number of imide groups is 1. The Hall–Kier alpha value is -8.91. The number of phenolic OH excluding ortho intramolecular Hbond substituents is 2. The van der Waals surface area contributed by atoms with Gasteiger partial charge in [0, 0.05) is 120 Å². The smallest absolute Gasteiger partial charge is 0.409 e. The number of hydrogen-bond acceptors (Lipinski definition) is 22. The molecule has 0 aromatic heterocycles. The van der Waals surface area contributed by atoms with Crippen LogP contribution in [0.15, 0.2) is 66.5 Å². The molecular formula is C67H83FN8O21. The number of phenols is 2. The summed E-state index contributed by atoms with van der Waals surface area (Å²) in [6.45, 7) is 4.91. The summed E-state index contributed by atoms with van der Waals surface area (Å²) in [7, 11) is 5.57. The average Bonchev–Trinajstić information content (AvgIpc) is 1.27. The van der Waals surface area contributed by atoms with Crippen molar-refractivity contribution >= 4 is 64.9 Å². The number of carbonyl (C=O) groups excluding carboxylic acids is 10. The molecule has 0 saturated carbocycles. The van der Waals surface area contributed by atoms with Gasteiger partial charge in [-0.15, -0.1) is 0 Å². The second-order valence-electron chi connectivity index (χ2n) is 25.1. The Kier molecular flexibility index (Phi) is 23.5. The van der Waals surface area contributed by atoms with Crippen molar-refractivity contribution < 1.29 is 106 Å². The van der Waals surface area contributed by atoms with Crippen molar-refractivity contribution in [2.45, 2.75) is 140 Å². The quantitative estimate of drug-likeness (QED) is 0.0233. The van der Waals surface area contributed by atoms with Crippen LogP contribution in [0.5, 0.6) is 17.2 Å². The van der Waals surface area contributed by atoms with Gasteiger partial charge >= 0.3 is 18.2 Å². The molecule has 524 valence electrons. The first-order chi connectivity index (χ1) is 46.2. The fraction of sp³-hybridized carbons (Fsp3) is 0.522. The van der Waals surface area contributed by atoms with Crippen molar-refractivity contribution in [3.8, 4) is 17.2 Å². The van der Waals surface area contributed by atoms with Crippen LogP contribution in [-0.4, -0.2) is 217 Å². The van der Waals surface area contributed by atoms with E-state index in [0.717, 1.165) is 15.9 Å². The number of aromatic hydroxyl groups is 2.